The first-order chi connectivity index (χ1) is 7.09. The Kier molecular flexibility index (Phi) is 3.62. The first kappa shape index (κ1) is 11.0. The number of hydrogen-bond donors (Lipinski definition) is 1. The van der Waals surface area contributed by atoms with Crippen molar-refractivity contribution in [3.8, 4) is 5.75 Å². The highest BCUT2D eigenvalue weighted by molar-refractivity contribution is 5.86. The molecule has 1 rings (SSSR count). The summed E-state index contributed by atoms with van der Waals surface area (Å²) >= 11 is 0. The van der Waals surface area contributed by atoms with Crippen LogP contribution >= 0.6 is 0 Å². The summed E-state index contributed by atoms with van der Waals surface area (Å²) in [5.41, 5.74) is 0.551. The van der Waals surface area contributed by atoms with Crippen LogP contribution in [0.3, 0.4) is 0 Å². The van der Waals surface area contributed by atoms with Gasteiger partial charge in [0.2, 0.25) is 0 Å². The lowest BCUT2D eigenvalue weighted by Gasteiger charge is -2.04. The highest BCUT2D eigenvalue weighted by Crippen LogP contribution is 2.19. The Bertz CT molecular complexity index is 407. The summed E-state index contributed by atoms with van der Waals surface area (Å²) in [6.45, 7) is 1.29. The Morgan fingerprint density at radius 2 is 2.00 bits per heavy atom. The van der Waals surface area contributed by atoms with E-state index in [1.54, 1.807) is 24.3 Å². The quantitative estimate of drug-likeness (QED) is 0.464. The first-order valence-corrected chi connectivity index (χ1v) is 4.28. The van der Waals surface area contributed by atoms with Gasteiger partial charge in [0.05, 0.1) is 0 Å². The van der Waals surface area contributed by atoms with Crippen LogP contribution in [-0.2, 0) is 9.59 Å². The zero-order chi connectivity index (χ0) is 11.3. The fraction of sp³-hybridized carbons (Fsp3) is 0.0909. The van der Waals surface area contributed by atoms with E-state index in [2.05, 4.69) is 0 Å². The summed E-state index contributed by atoms with van der Waals surface area (Å²) in [7, 11) is 0. The molecule has 0 aliphatic carbocycles. The average molecular weight is 206 g/mol. The number of aliphatic carboxylic acids is 1. The second-order valence-corrected chi connectivity index (χ2v) is 2.80. The van der Waals surface area contributed by atoms with Crippen LogP contribution in [-0.4, -0.2) is 17.0 Å². The number of ether oxygens (including phenoxy) is 1. The standard InChI is InChI=1S/C11H10O4/c1-8(12)15-10-5-3-2-4-9(10)6-7-11(13)14/h2-7H,1H3,(H,13,14)/b7-6+. The Balaban J connectivity index is 2.95. The number of para-hydroxylation sites is 1. The van der Waals surface area contributed by atoms with Crippen LogP contribution in [0.4, 0.5) is 0 Å². The highest BCUT2D eigenvalue weighted by atomic mass is 16.5. The number of carbonyl (C=O) groups excluding carboxylic acids is 1. The van der Waals surface area contributed by atoms with E-state index in [1.165, 1.54) is 13.0 Å². The molecular weight excluding hydrogens is 196 g/mol. The second-order valence-electron chi connectivity index (χ2n) is 2.80. The number of carboxylic acid groups (broad SMARTS) is 1. The largest absolute Gasteiger partial charge is 0.478 e. The van der Waals surface area contributed by atoms with Crippen molar-refractivity contribution in [2.45, 2.75) is 6.92 Å². The Hall–Kier alpha value is -2.10. The molecule has 0 aliphatic heterocycles. The molecule has 0 unspecified atom stereocenters. The molecule has 0 atom stereocenters. The molecule has 0 radical (unpaired) electrons. The number of rotatable bonds is 3. The van der Waals surface area contributed by atoms with Crippen LogP contribution < -0.4 is 4.74 Å². The monoisotopic (exact) mass is 206 g/mol. The van der Waals surface area contributed by atoms with Crippen molar-refractivity contribution in [3.05, 3.63) is 35.9 Å². The smallest absolute Gasteiger partial charge is 0.328 e. The Labute approximate surface area is 86.8 Å². The van der Waals surface area contributed by atoms with Crippen LogP contribution in [0.2, 0.25) is 0 Å². The van der Waals surface area contributed by atoms with E-state index in [1.807, 2.05) is 0 Å². The molecule has 0 aromatic heterocycles. The zero-order valence-corrected chi connectivity index (χ0v) is 8.14. The molecule has 1 aromatic carbocycles. The molecule has 4 nitrogen and oxygen atoms in total. The van der Waals surface area contributed by atoms with Gasteiger partial charge in [0, 0.05) is 18.6 Å². The van der Waals surface area contributed by atoms with Crippen molar-refractivity contribution >= 4 is 18.0 Å². The van der Waals surface area contributed by atoms with Crippen molar-refractivity contribution < 1.29 is 19.4 Å². The van der Waals surface area contributed by atoms with Gasteiger partial charge in [-0.3, -0.25) is 4.79 Å². The molecule has 1 aromatic rings. The van der Waals surface area contributed by atoms with Crippen molar-refractivity contribution in [2.75, 3.05) is 0 Å². The van der Waals surface area contributed by atoms with Gasteiger partial charge in [-0.15, -0.1) is 0 Å². The molecule has 0 heterocycles. The fourth-order valence-corrected chi connectivity index (χ4v) is 1.03. The van der Waals surface area contributed by atoms with Crippen LogP contribution in [0.15, 0.2) is 30.3 Å². The number of benzene rings is 1. The molecule has 4 heteroatoms. The van der Waals surface area contributed by atoms with Crippen molar-refractivity contribution in [1.29, 1.82) is 0 Å². The van der Waals surface area contributed by atoms with E-state index < -0.39 is 11.9 Å². The minimum Gasteiger partial charge on any atom is -0.478 e. The van der Waals surface area contributed by atoms with Crippen molar-refractivity contribution in [2.24, 2.45) is 0 Å². The van der Waals surface area contributed by atoms with Crippen LogP contribution in [0.5, 0.6) is 5.75 Å². The lowest BCUT2D eigenvalue weighted by molar-refractivity contribution is -0.132. The van der Waals surface area contributed by atoms with E-state index in [9.17, 15) is 9.59 Å². The van der Waals surface area contributed by atoms with Gasteiger partial charge in [-0.05, 0) is 12.1 Å². The van der Waals surface area contributed by atoms with Crippen LogP contribution in [0.1, 0.15) is 12.5 Å². The molecule has 0 saturated carbocycles. The van der Waals surface area contributed by atoms with Gasteiger partial charge < -0.3 is 9.84 Å². The molecule has 0 aliphatic rings. The molecule has 0 fully saturated rings. The molecule has 0 saturated heterocycles. The summed E-state index contributed by atoms with van der Waals surface area (Å²) in [5.74, 6) is -1.14. The third-order valence-corrected chi connectivity index (χ3v) is 1.58. The van der Waals surface area contributed by atoms with E-state index in [4.69, 9.17) is 9.84 Å². The summed E-state index contributed by atoms with van der Waals surface area (Å²) < 4.78 is 4.89. The minimum atomic E-state index is -1.05. The molecule has 0 spiro atoms. The number of carboxylic acids is 1. The average Bonchev–Trinajstić information content (AvgIpc) is 2.15. The predicted octanol–water partition coefficient (Wildman–Crippen LogP) is 1.71. The van der Waals surface area contributed by atoms with Crippen LogP contribution in [0.25, 0.3) is 6.08 Å². The SMILES string of the molecule is CC(=O)Oc1ccccc1/C=C/C(=O)O. The topological polar surface area (TPSA) is 63.6 Å². The van der Waals surface area contributed by atoms with E-state index in [0.29, 0.717) is 11.3 Å². The minimum absolute atomic E-state index is 0.350. The van der Waals surface area contributed by atoms with Gasteiger partial charge in [-0.2, -0.15) is 0 Å². The molecule has 78 valence electrons. The summed E-state index contributed by atoms with van der Waals surface area (Å²) in [6.07, 6.45) is 2.36. The second kappa shape index (κ2) is 4.95. The number of hydrogen-bond acceptors (Lipinski definition) is 3. The third-order valence-electron chi connectivity index (χ3n) is 1.58. The van der Waals surface area contributed by atoms with Crippen LogP contribution in [0, 0.1) is 0 Å². The number of esters is 1. The van der Waals surface area contributed by atoms with Gasteiger partial charge in [0.15, 0.2) is 0 Å². The Morgan fingerprint density at radius 1 is 1.33 bits per heavy atom. The number of carbonyl (C=O) groups is 2. The fourth-order valence-electron chi connectivity index (χ4n) is 1.03. The highest BCUT2D eigenvalue weighted by Gasteiger charge is 2.02. The maximum absolute atomic E-state index is 10.7. The van der Waals surface area contributed by atoms with Gasteiger partial charge >= 0.3 is 11.9 Å². The third kappa shape index (κ3) is 3.64. The van der Waals surface area contributed by atoms with Gasteiger partial charge in [0.1, 0.15) is 5.75 Å². The summed E-state index contributed by atoms with van der Waals surface area (Å²) in [6, 6.07) is 6.70. The summed E-state index contributed by atoms with van der Waals surface area (Å²) in [4.78, 5) is 21.1. The molecular formula is C11H10O4. The Morgan fingerprint density at radius 3 is 2.60 bits per heavy atom. The van der Waals surface area contributed by atoms with Crippen molar-refractivity contribution in [3.63, 3.8) is 0 Å². The van der Waals surface area contributed by atoms with Crippen molar-refractivity contribution in [1.82, 2.24) is 0 Å². The van der Waals surface area contributed by atoms with E-state index in [-0.39, 0.29) is 0 Å². The molecule has 0 amide bonds. The predicted molar refractivity (Wildman–Crippen MR) is 54.4 cm³/mol. The molecule has 0 bridgehead atoms. The zero-order valence-electron chi connectivity index (χ0n) is 8.14. The van der Waals surface area contributed by atoms with E-state index >= 15 is 0 Å². The lowest BCUT2D eigenvalue weighted by Crippen LogP contribution is -2.02. The maximum Gasteiger partial charge on any atom is 0.328 e. The first-order valence-electron chi connectivity index (χ1n) is 4.28. The maximum atomic E-state index is 10.7. The molecule has 1 N–H and O–H groups in total. The molecule has 15 heavy (non-hydrogen) atoms. The summed E-state index contributed by atoms with van der Waals surface area (Å²) in [5, 5.41) is 8.45. The van der Waals surface area contributed by atoms with Gasteiger partial charge in [-0.1, -0.05) is 18.2 Å². The van der Waals surface area contributed by atoms with E-state index in [0.717, 1.165) is 6.08 Å². The van der Waals surface area contributed by atoms with Gasteiger partial charge in [-0.25, -0.2) is 4.79 Å². The lowest BCUT2D eigenvalue weighted by atomic mass is 10.2. The van der Waals surface area contributed by atoms with Gasteiger partial charge in [0.25, 0.3) is 0 Å². The normalized spacial score (nSPS) is 10.2.